The number of nitrogens with one attached hydrogen (secondary N) is 1. The van der Waals surface area contributed by atoms with Gasteiger partial charge in [0.2, 0.25) is 0 Å². The summed E-state index contributed by atoms with van der Waals surface area (Å²) in [6, 6.07) is 12.1. The van der Waals surface area contributed by atoms with E-state index in [1.54, 1.807) is 6.07 Å². The van der Waals surface area contributed by atoms with Crippen molar-refractivity contribution in [1.29, 1.82) is 0 Å². The summed E-state index contributed by atoms with van der Waals surface area (Å²) in [4.78, 5) is 0. The normalized spacial score (nSPS) is 10.6. The largest absolute Gasteiger partial charge is 0.309 e. The zero-order valence-electron chi connectivity index (χ0n) is 10.2. The molecular weight excluding hydrogens is 232 g/mol. The standard InChI is InChI=1S/C15H15F2N/c1-11-3-2-4-12(7-11)9-18-10-13-5-6-14(16)15(17)8-13/h2-8,18H,9-10H2,1H3. The third-order valence-electron chi connectivity index (χ3n) is 2.72. The molecule has 0 aliphatic heterocycles. The second kappa shape index (κ2) is 5.74. The van der Waals surface area contributed by atoms with E-state index in [-0.39, 0.29) is 0 Å². The van der Waals surface area contributed by atoms with Crippen molar-refractivity contribution in [2.75, 3.05) is 0 Å². The Hall–Kier alpha value is -1.74. The van der Waals surface area contributed by atoms with E-state index in [2.05, 4.69) is 11.4 Å². The predicted molar refractivity (Wildman–Crippen MR) is 68.1 cm³/mol. The number of halogens is 2. The molecule has 0 saturated heterocycles. The molecule has 1 N–H and O–H groups in total. The van der Waals surface area contributed by atoms with Gasteiger partial charge in [-0.3, -0.25) is 0 Å². The number of hydrogen-bond acceptors (Lipinski definition) is 1. The summed E-state index contributed by atoms with van der Waals surface area (Å²) < 4.78 is 25.7. The zero-order valence-corrected chi connectivity index (χ0v) is 10.2. The first-order valence-electron chi connectivity index (χ1n) is 5.85. The van der Waals surface area contributed by atoms with Crippen LogP contribution in [0.4, 0.5) is 8.78 Å². The molecule has 0 aromatic heterocycles. The van der Waals surface area contributed by atoms with Gasteiger partial charge in [-0.2, -0.15) is 0 Å². The Labute approximate surface area is 105 Å². The first-order chi connectivity index (χ1) is 8.65. The summed E-state index contributed by atoms with van der Waals surface area (Å²) in [5.41, 5.74) is 3.13. The molecule has 0 heterocycles. The molecule has 0 aliphatic carbocycles. The van der Waals surface area contributed by atoms with Gasteiger partial charge in [-0.05, 0) is 30.2 Å². The van der Waals surface area contributed by atoms with Crippen molar-refractivity contribution in [2.24, 2.45) is 0 Å². The van der Waals surface area contributed by atoms with Crippen LogP contribution in [0.5, 0.6) is 0 Å². The number of rotatable bonds is 4. The summed E-state index contributed by atoms with van der Waals surface area (Å²) >= 11 is 0. The van der Waals surface area contributed by atoms with Crippen molar-refractivity contribution in [3.05, 3.63) is 70.8 Å². The van der Waals surface area contributed by atoms with Crippen LogP contribution in [0.2, 0.25) is 0 Å². The summed E-state index contributed by atoms with van der Waals surface area (Å²) in [5.74, 6) is -1.61. The van der Waals surface area contributed by atoms with Crippen LogP contribution in [0.1, 0.15) is 16.7 Å². The maximum absolute atomic E-state index is 13.0. The van der Waals surface area contributed by atoms with Gasteiger partial charge in [0, 0.05) is 13.1 Å². The first kappa shape index (κ1) is 12.7. The summed E-state index contributed by atoms with van der Waals surface area (Å²) in [5, 5.41) is 3.20. The molecular formula is C15H15F2N. The Kier molecular flexibility index (Phi) is 4.05. The predicted octanol–water partition coefficient (Wildman–Crippen LogP) is 3.56. The fourth-order valence-corrected chi connectivity index (χ4v) is 1.82. The molecule has 0 aliphatic rings. The maximum atomic E-state index is 13.0. The molecule has 18 heavy (non-hydrogen) atoms. The average molecular weight is 247 g/mol. The second-order valence-electron chi connectivity index (χ2n) is 4.34. The van der Waals surface area contributed by atoms with E-state index in [0.717, 1.165) is 11.6 Å². The summed E-state index contributed by atoms with van der Waals surface area (Å²) in [7, 11) is 0. The molecule has 2 aromatic rings. The number of hydrogen-bond donors (Lipinski definition) is 1. The number of aryl methyl sites for hydroxylation is 1. The molecule has 0 saturated carbocycles. The van der Waals surface area contributed by atoms with Crippen LogP contribution in [0.15, 0.2) is 42.5 Å². The highest BCUT2D eigenvalue weighted by molar-refractivity contribution is 5.22. The third-order valence-corrected chi connectivity index (χ3v) is 2.72. The minimum Gasteiger partial charge on any atom is -0.309 e. The lowest BCUT2D eigenvalue weighted by molar-refractivity contribution is 0.506. The minimum absolute atomic E-state index is 0.519. The van der Waals surface area contributed by atoms with Gasteiger partial charge in [-0.1, -0.05) is 35.9 Å². The third kappa shape index (κ3) is 3.37. The lowest BCUT2D eigenvalue weighted by Crippen LogP contribution is -2.13. The summed E-state index contributed by atoms with van der Waals surface area (Å²) in [6.45, 7) is 3.27. The van der Waals surface area contributed by atoms with Gasteiger partial charge in [-0.25, -0.2) is 8.78 Å². The van der Waals surface area contributed by atoms with Gasteiger partial charge in [0.15, 0.2) is 11.6 Å². The van der Waals surface area contributed by atoms with Crippen molar-refractivity contribution in [3.8, 4) is 0 Å². The van der Waals surface area contributed by atoms with E-state index >= 15 is 0 Å². The Morgan fingerprint density at radius 3 is 2.28 bits per heavy atom. The van der Waals surface area contributed by atoms with E-state index in [4.69, 9.17) is 0 Å². The van der Waals surface area contributed by atoms with Crippen LogP contribution < -0.4 is 5.32 Å². The van der Waals surface area contributed by atoms with Crippen LogP contribution in [0, 0.1) is 18.6 Å². The molecule has 0 bridgehead atoms. The van der Waals surface area contributed by atoms with Crippen LogP contribution >= 0.6 is 0 Å². The molecule has 94 valence electrons. The maximum Gasteiger partial charge on any atom is 0.159 e. The Bertz CT molecular complexity index is 538. The molecule has 0 amide bonds. The average Bonchev–Trinajstić information content (AvgIpc) is 2.34. The van der Waals surface area contributed by atoms with E-state index in [1.807, 2.05) is 25.1 Å². The fourth-order valence-electron chi connectivity index (χ4n) is 1.82. The molecule has 1 nitrogen and oxygen atoms in total. The van der Waals surface area contributed by atoms with E-state index in [0.29, 0.717) is 13.1 Å². The zero-order chi connectivity index (χ0) is 13.0. The van der Waals surface area contributed by atoms with Crippen molar-refractivity contribution < 1.29 is 8.78 Å². The highest BCUT2D eigenvalue weighted by atomic mass is 19.2. The Morgan fingerprint density at radius 1 is 0.889 bits per heavy atom. The first-order valence-corrected chi connectivity index (χ1v) is 5.85. The van der Waals surface area contributed by atoms with Gasteiger partial charge < -0.3 is 5.32 Å². The SMILES string of the molecule is Cc1cccc(CNCc2ccc(F)c(F)c2)c1. The molecule has 2 rings (SSSR count). The van der Waals surface area contributed by atoms with Gasteiger partial charge in [0.05, 0.1) is 0 Å². The van der Waals surface area contributed by atoms with Crippen LogP contribution in [-0.4, -0.2) is 0 Å². The van der Waals surface area contributed by atoms with Gasteiger partial charge in [0.1, 0.15) is 0 Å². The molecule has 0 radical (unpaired) electrons. The molecule has 0 atom stereocenters. The quantitative estimate of drug-likeness (QED) is 0.871. The Morgan fingerprint density at radius 2 is 1.61 bits per heavy atom. The smallest absolute Gasteiger partial charge is 0.159 e. The van der Waals surface area contributed by atoms with Crippen LogP contribution in [0.25, 0.3) is 0 Å². The van der Waals surface area contributed by atoms with E-state index < -0.39 is 11.6 Å². The van der Waals surface area contributed by atoms with Gasteiger partial charge in [0.25, 0.3) is 0 Å². The highest BCUT2D eigenvalue weighted by Crippen LogP contribution is 2.09. The van der Waals surface area contributed by atoms with Crippen molar-refractivity contribution in [2.45, 2.75) is 20.0 Å². The second-order valence-corrected chi connectivity index (χ2v) is 4.34. The summed E-state index contributed by atoms with van der Waals surface area (Å²) in [6.07, 6.45) is 0. The van der Waals surface area contributed by atoms with Gasteiger partial charge >= 0.3 is 0 Å². The lowest BCUT2D eigenvalue weighted by atomic mass is 10.1. The van der Waals surface area contributed by atoms with E-state index in [9.17, 15) is 8.78 Å². The monoisotopic (exact) mass is 247 g/mol. The van der Waals surface area contributed by atoms with Crippen molar-refractivity contribution in [3.63, 3.8) is 0 Å². The molecule has 0 unspecified atom stereocenters. The lowest BCUT2D eigenvalue weighted by Gasteiger charge is -2.06. The number of benzene rings is 2. The van der Waals surface area contributed by atoms with Gasteiger partial charge in [-0.15, -0.1) is 0 Å². The highest BCUT2D eigenvalue weighted by Gasteiger charge is 2.02. The molecule has 3 heteroatoms. The Balaban J connectivity index is 1.90. The van der Waals surface area contributed by atoms with Crippen LogP contribution in [-0.2, 0) is 13.1 Å². The van der Waals surface area contributed by atoms with Crippen molar-refractivity contribution in [1.82, 2.24) is 5.32 Å². The molecule has 0 fully saturated rings. The fraction of sp³-hybridized carbons (Fsp3) is 0.200. The van der Waals surface area contributed by atoms with Crippen molar-refractivity contribution >= 4 is 0 Å². The topological polar surface area (TPSA) is 12.0 Å². The molecule has 2 aromatic carbocycles. The minimum atomic E-state index is -0.808. The van der Waals surface area contributed by atoms with E-state index in [1.165, 1.54) is 17.2 Å². The molecule has 0 spiro atoms. The van der Waals surface area contributed by atoms with Crippen LogP contribution in [0.3, 0.4) is 0 Å².